The molecule has 0 spiro atoms. The van der Waals surface area contributed by atoms with Crippen molar-refractivity contribution in [3.05, 3.63) is 70.4 Å². The SMILES string of the molecule is Cc1c(N)cc(F)cc1C=C(CNC(=O)OCc1ccccc1)B1OC(C)(C)C(C)(C)O1. The van der Waals surface area contributed by atoms with Crippen molar-refractivity contribution in [3.63, 3.8) is 0 Å². The van der Waals surface area contributed by atoms with Crippen LogP contribution >= 0.6 is 0 Å². The standard InChI is InChI=1S/C24H30BFN2O4/c1-16-18(12-20(26)13-21(16)27)11-19(25-31-23(2,3)24(4,5)32-25)14-28-22(29)30-15-17-9-7-6-8-10-17/h6-13H,14-15,27H2,1-5H3,(H,28,29). The highest BCUT2D eigenvalue weighted by molar-refractivity contribution is 6.56. The molecule has 170 valence electrons. The maximum absolute atomic E-state index is 14.0. The molecule has 32 heavy (non-hydrogen) atoms. The third kappa shape index (κ3) is 5.50. The van der Waals surface area contributed by atoms with Crippen molar-refractivity contribution in [1.82, 2.24) is 5.32 Å². The minimum absolute atomic E-state index is 0.0975. The summed E-state index contributed by atoms with van der Waals surface area (Å²) in [5.41, 5.74) is 7.96. The van der Waals surface area contributed by atoms with Crippen LogP contribution in [0.1, 0.15) is 44.4 Å². The maximum atomic E-state index is 14.0. The van der Waals surface area contributed by atoms with Crippen LogP contribution in [-0.4, -0.2) is 31.0 Å². The van der Waals surface area contributed by atoms with E-state index in [-0.39, 0.29) is 13.2 Å². The zero-order valence-corrected chi connectivity index (χ0v) is 19.2. The summed E-state index contributed by atoms with van der Waals surface area (Å²) in [7, 11) is -0.724. The molecule has 0 saturated carbocycles. The van der Waals surface area contributed by atoms with Gasteiger partial charge in [-0.15, -0.1) is 0 Å². The molecule has 3 rings (SSSR count). The minimum atomic E-state index is -0.724. The highest BCUT2D eigenvalue weighted by Crippen LogP contribution is 2.39. The van der Waals surface area contributed by atoms with E-state index in [2.05, 4.69) is 5.32 Å². The van der Waals surface area contributed by atoms with Gasteiger partial charge in [-0.3, -0.25) is 0 Å². The van der Waals surface area contributed by atoms with Crippen LogP contribution in [-0.2, 0) is 20.7 Å². The predicted molar refractivity (Wildman–Crippen MR) is 124 cm³/mol. The van der Waals surface area contributed by atoms with E-state index in [1.807, 2.05) is 65.0 Å². The van der Waals surface area contributed by atoms with E-state index >= 15 is 0 Å². The first-order valence-electron chi connectivity index (χ1n) is 10.5. The van der Waals surface area contributed by atoms with Gasteiger partial charge in [0.15, 0.2) is 0 Å². The van der Waals surface area contributed by atoms with Gasteiger partial charge in [-0.25, -0.2) is 9.18 Å². The van der Waals surface area contributed by atoms with Crippen molar-refractivity contribution in [1.29, 1.82) is 0 Å². The van der Waals surface area contributed by atoms with E-state index in [1.165, 1.54) is 12.1 Å². The van der Waals surface area contributed by atoms with Gasteiger partial charge in [0.05, 0.1) is 11.2 Å². The number of nitrogen functional groups attached to an aromatic ring is 1. The van der Waals surface area contributed by atoms with Gasteiger partial charge < -0.3 is 25.1 Å². The number of benzene rings is 2. The molecule has 0 atom stereocenters. The first kappa shape index (κ1) is 23.8. The smallest absolute Gasteiger partial charge is 0.445 e. The van der Waals surface area contributed by atoms with Crippen molar-refractivity contribution in [3.8, 4) is 0 Å². The van der Waals surface area contributed by atoms with E-state index in [0.29, 0.717) is 16.7 Å². The first-order valence-corrected chi connectivity index (χ1v) is 10.5. The number of carbonyl (C=O) groups excluding carboxylic acids is 1. The number of anilines is 1. The van der Waals surface area contributed by atoms with Crippen molar-refractivity contribution in [2.75, 3.05) is 12.3 Å². The monoisotopic (exact) mass is 440 g/mol. The Hall–Kier alpha value is -2.84. The average Bonchev–Trinajstić information content (AvgIpc) is 2.94. The predicted octanol–water partition coefficient (Wildman–Crippen LogP) is 4.66. The van der Waals surface area contributed by atoms with Gasteiger partial charge in [0.1, 0.15) is 12.4 Å². The number of nitrogens with two attached hydrogens (primary N) is 1. The van der Waals surface area contributed by atoms with Gasteiger partial charge in [-0.2, -0.15) is 0 Å². The largest absolute Gasteiger partial charge is 0.492 e. The molecule has 1 amide bonds. The second-order valence-electron chi connectivity index (χ2n) is 8.93. The molecular formula is C24H30BFN2O4. The van der Waals surface area contributed by atoms with Crippen LogP contribution in [0, 0.1) is 12.7 Å². The summed E-state index contributed by atoms with van der Waals surface area (Å²) < 4.78 is 31.6. The van der Waals surface area contributed by atoms with E-state index in [0.717, 1.165) is 11.1 Å². The minimum Gasteiger partial charge on any atom is -0.445 e. The molecule has 1 heterocycles. The Kier molecular flexibility index (Phi) is 6.95. The quantitative estimate of drug-likeness (QED) is 0.505. The molecule has 1 aliphatic rings. The molecular weight excluding hydrogens is 410 g/mol. The molecule has 2 aromatic rings. The maximum Gasteiger partial charge on any atom is 0.492 e. The van der Waals surface area contributed by atoms with E-state index in [9.17, 15) is 9.18 Å². The van der Waals surface area contributed by atoms with Gasteiger partial charge in [-0.05, 0) is 68.9 Å². The van der Waals surface area contributed by atoms with Gasteiger partial charge in [0.2, 0.25) is 0 Å². The highest BCUT2D eigenvalue weighted by Gasteiger charge is 2.52. The molecule has 2 aromatic carbocycles. The zero-order valence-electron chi connectivity index (χ0n) is 19.2. The summed E-state index contributed by atoms with van der Waals surface area (Å²) in [5.74, 6) is -0.442. The third-order valence-corrected chi connectivity index (χ3v) is 6.00. The summed E-state index contributed by atoms with van der Waals surface area (Å²) in [5, 5.41) is 2.74. The molecule has 8 heteroatoms. The molecule has 1 saturated heterocycles. The molecule has 0 aliphatic carbocycles. The Bertz CT molecular complexity index is 993. The Morgan fingerprint density at radius 2 is 1.78 bits per heavy atom. The summed E-state index contributed by atoms with van der Waals surface area (Å²) in [6.07, 6.45) is 1.17. The molecule has 3 N–H and O–H groups in total. The lowest BCUT2D eigenvalue weighted by molar-refractivity contribution is 0.00578. The normalized spacial score (nSPS) is 17.3. The number of halogens is 1. The molecule has 1 aliphatic heterocycles. The first-order chi connectivity index (χ1) is 15.0. The molecule has 0 aromatic heterocycles. The van der Waals surface area contributed by atoms with Crippen LogP contribution in [0.15, 0.2) is 47.9 Å². The molecule has 0 unspecified atom stereocenters. The molecule has 0 bridgehead atoms. The van der Waals surface area contributed by atoms with Gasteiger partial charge in [0.25, 0.3) is 0 Å². The zero-order chi connectivity index (χ0) is 23.5. The van der Waals surface area contributed by atoms with E-state index in [4.69, 9.17) is 19.8 Å². The molecule has 0 radical (unpaired) electrons. The highest BCUT2D eigenvalue weighted by atomic mass is 19.1. The van der Waals surface area contributed by atoms with Crippen molar-refractivity contribution in [2.24, 2.45) is 0 Å². The lowest BCUT2D eigenvalue weighted by Gasteiger charge is -2.32. The van der Waals surface area contributed by atoms with E-state index < -0.39 is 30.2 Å². The van der Waals surface area contributed by atoms with Crippen LogP contribution in [0.4, 0.5) is 14.9 Å². The van der Waals surface area contributed by atoms with Gasteiger partial charge >= 0.3 is 13.2 Å². The number of hydrogen-bond acceptors (Lipinski definition) is 5. The van der Waals surface area contributed by atoms with Crippen LogP contribution in [0.3, 0.4) is 0 Å². The number of rotatable bonds is 6. The molecule has 6 nitrogen and oxygen atoms in total. The summed E-state index contributed by atoms with van der Waals surface area (Å²) in [6.45, 7) is 9.83. The summed E-state index contributed by atoms with van der Waals surface area (Å²) in [6, 6.07) is 12.1. The molecule has 1 fully saturated rings. The number of alkyl carbamates (subject to hydrolysis) is 1. The van der Waals surface area contributed by atoms with E-state index in [1.54, 1.807) is 6.08 Å². The lowest BCUT2D eigenvalue weighted by Crippen LogP contribution is -2.41. The number of carbonyl (C=O) groups is 1. The number of ether oxygens (including phenoxy) is 1. The number of nitrogens with one attached hydrogen (secondary N) is 1. The van der Waals surface area contributed by atoms with Crippen LogP contribution < -0.4 is 11.1 Å². The van der Waals surface area contributed by atoms with Crippen molar-refractivity contribution < 1.29 is 23.2 Å². The van der Waals surface area contributed by atoms with Gasteiger partial charge in [-0.1, -0.05) is 36.4 Å². The van der Waals surface area contributed by atoms with Crippen LogP contribution in [0.2, 0.25) is 0 Å². The van der Waals surface area contributed by atoms with Crippen molar-refractivity contribution in [2.45, 2.75) is 52.4 Å². The lowest BCUT2D eigenvalue weighted by atomic mass is 9.76. The van der Waals surface area contributed by atoms with Crippen LogP contribution in [0.5, 0.6) is 0 Å². The Balaban J connectivity index is 1.79. The van der Waals surface area contributed by atoms with Crippen molar-refractivity contribution >= 4 is 25.0 Å². The Morgan fingerprint density at radius 3 is 2.41 bits per heavy atom. The fourth-order valence-electron chi connectivity index (χ4n) is 3.22. The topological polar surface area (TPSA) is 82.8 Å². The Morgan fingerprint density at radius 1 is 1.16 bits per heavy atom. The fourth-order valence-corrected chi connectivity index (χ4v) is 3.22. The Labute approximate surface area is 189 Å². The average molecular weight is 440 g/mol. The number of amides is 1. The fraction of sp³-hybridized carbons (Fsp3) is 0.375. The third-order valence-electron chi connectivity index (χ3n) is 6.00. The second kappa shape index (κ2) is 9.34. The summed E-state index contributed by atoms with van der Waals surface area (Å²) >= 11 is 0. The van der Waals surface area contributed by atoms with Gasteiger partial charge in [0, 0.05) is 12.2 Å². The van der Waals surface area contributed by atoms with Crippen LogP contribution in [0.25, 0.3) is 6.08 Å². The number of hydrogen-bond donors (Lipinski definition) is 2. The summed E-state index contributed by atoms with van der Waals surface area (Å²) in [4.78, 5) is 12.3. The second-order valence-corrected chi connectivity index (χ2v) is 8.93.